The number of carbonyl (C=O) groups excluding carboxylic acids is 1. The van der Waals surface area contributed by atoms with Gasteiger partial charge in [0.15, 0.2) is 0 Å². The molecule has 1 aromatic carbocycles. The van der Waals surface area contributed by atoms with Gasteiger partial charge in [-0.2, -0.15) is 0 Å². The standard InChI is InChI=1S/C26H32N6O.C2H6/c27-25-16-19(5-11-29-25)18-31-12-6-20(7-13-31)26(33)32-14-8-22(9-15-32)30-23-3-4-24-21(17-23)2-1-10-28-24;1-2/h1-5,10-11,16-17,20,22,30H,6-9,12-15,18H2,(H2,27,29);1-2H3. The Morgan fingerprint density at radius 1 is 0.971 bits per heavy atom. The zero-order valence-electron chi connectivity index (χ0n) is 21.0. The molecule has 0 unspecified atom stereocenters. The number of nitrogen functional groups attached to an aromatic ring is 1. The Labute approximate surface area is 208 Å². The predicted molar refractivity (Wildman–Crippen MR) is 143 cm³/mol. The highest BCUT2D eigenvalue weighted by Gasteiger charge is 2.31. The van der Waals surface area contributed by atoms with E-state index >= 15 is 0 Å². The topological polar surface area (TPSA) is 87.4 Å². The number of piperidine rings is 2. The minimum absolute atomic E-state index is 0.154. The van der Waals surface area contributed by atoms with Gasteiger partial charge in [0.1, 0.15) is 5.82 Å². The molecule has 186 valence electrons. The Balaban J connectivity index is 0.00000141. The lowest BCUT2D eigenvalue weighted by atomic mass is 9.93. The number of aromatic nitrogens is 2. The molecular weight excluding hydrogens is 436 g/mol. The number of rotatable bonds is 5. The zero-order chi connectivity index (χ0) is 24.6. The summed E-state index contributed by atoms with van der Waals surface area (Å²) in [6, 6.07) is 14.7. The van der Waals surface area contributed by atoms with Crippen LogP contribution in [0.4, 0.5) is 11.5 Å². The predicted octanol–water partition coefficient (Wildman–Crippen LogP) is 4.55. The van der Waals surface area contributed by atoms with Crippen molar-refractivity contribution >= 4 is 28.3 Å². The highest BCUT2D eigenvalue weighted by molar-refractivity contribution is 5.82. The lowest BCUT2D eigenvalue weighted by molar-refractivity contribution is -0.138. The van der Waals surface area contributed by atoms with E-state index in [1.54, 1.807) is 6.20 Å². The van der Waals surface area contributed by atoms with Crippen molar-refractivity contribution in [3.63, 3.8) is 0 Å². The second-order valence-electron chi connectivity index (χ2n) is 9.29. The molecule has 3 aromatic rings. The maximum atomic E-state index is 13.1. The van der Waals surface area contributed by atoms with Gasteiger partial charge in [-0.05, 0) is 80.7 Å². The van der Waals surface area contributed by atoms with Crippen LogP contribution >= 0.6 is 0 Å². The van der Waals surface area contributed by atoms with Crippen LogP contribution in [-0.4, -0.2) is 57.9 Å². The van der Waals surface area contributed by atoms with Crippen molar-refractivity contribution in [3.8, 4) is 0 Å². The maximum absolute atomic E-state index is 13.1. The molecule has 35 heavy (non-hydrogen) atoms. The second-order valence-corrected chi connectivity index (χ2v) is 9.29. The molecule has 0 aliphatic carbocycles. The fourth-order valence-corrected chi connectivity index (χ4v) is 5.09. The molecule has 2 aromatic heterocycles. The van der Waals surface area contributed by atoms with Crippen molar-refractivity contribution in [3.05, 3.63) is 60.4 Å². The maximum Gasteiger partial charge on any atom is 0.225 e. The summed E-state index contributed by atoms with van der Waals surface area (Å²) in [5.41, 5.74) is 9.12. The zero-order valence-corrected chi connectivity index (χ0v) is 21.0. The van der Waals surface area contributed by atoms with Gasteiger partial charge >= 0.3 is 0 Å². The summed E-state index contributed by atoms with van der Waals surface area (Å²) in [6.07, 6.45) is 7.42. The highest BCUT2D eigenvalue weighted by Crippen LogP contribution is 2.25. The molecule has 5 rings (SSSR count). The van der Waals surface area contributed by atoms with Crippen LogP contribution in [0, 0.1) is 5.92 Å². The summed E-state index contributed by atoms with van der Waals surface area (Å²) in [5, 5.41) is 4.81. The lowest BCUT2D eigenvalue weighted by Crippen LogP contribution is -2.47. The van der Waals surface area contributed by atoms with Crippen LogP contribution in [0.5, 0.6) is 0 Å². The van der Waals surface area contributed by atoms with Gasteiger partial charge in [-0.1, -0.05) is 19.9 Å². The first-order valence-electron chi connectivity index (χ1n) is 13.0. The van der Waals surface area contributed by atoms with E-state index in [2.05, 4.69) is 49.4 Å². The van der Waals surface area contributed by atoms with E-state index in [0.29, 0.717) is 17.8 Å². The fourth-order valence-electron chi connectivity index (χ4n) is 5.09. The molecule has 0 atom stereocenters. The Kier molecular flexibility index (Phi) is 8.53. The first-order valence-corrected chi connectivity index (χ1v) is 13.0. The Morgan fingerprint density at radius 3 is 2.49 bits per heavy atom. The van der Waals surface area contributed by atoms with Crippen LogP contribution in [-0.2, 0) is 11.3 Å². The van der Waals surface area contributed by atoms with Crippen molar-refractivity contribution in [1.29, 1.82) is 0 Å². The van der Waals surface area contributed by atoms with E-state index in [-0.39, 0.29) is 5.92 Å². The molecule has 2 aliphatic rings. The monoisotopic (exact) mass is 474 g/mol. The lowest BCUT2D eigenvalue weighted by Gasteiger charge is -2.37. The van der Waals surface area contributed by atoms with Crippen LogP contribution in [0.1, 0.15) is 45.1 Å². The smallest absolute Gasteiger partial charge is 0.225 e. The number of anilines is 2. The molecule has 3 N–H and O–H groups in total. The second kappa shape index (κ2) is 12.0. The summed E-state index contributed by atoms with van der Waals surface area (Å²) in [4.78, 5) is 26.1. The van der Waals surface area contributed by atoms with Crippen LogP contribution in [0.3, 0.4) is 0 Å². The van der Waals surface area contributed by atoms with Crippen molar-refractivity contribution in [2.24, 2.45) is 5.92 Å². The molecule has 4 heterocycles. The third-order valence-electron chi connectivity index (χ3n) is 6.97. The van der Waals surface area contributed by atoms with Crippen molar-refractivity contribution < 1.29 is 4.79 Å². The van der Waals surface area contributed by atoms with Gasteiger partial charge < -0.3 is 16.0 Å². The molecule has 2 fully saturated rings. The van der Waals surface area contributed by atoms with Gasteiger partial charge in [-0.25, -0.2) is 4.98 Å². The molecule has 0 radical (unpaired) electrons. The van der Waals surface area contributed by atoms with Gasteiger partial charge in [-0.15, -0.1) is 0 Å². The van der Waals surface area contributed by atoms with E-state index < -0.39 is 0 Å². The van der Waals surface area contributed by atoms with E-state index in [9.17, 15) is 4.79 Å². The number of carbonyl (C=O) groups is 1. The summed E-state index contributed by atoms with van der Waals surface area (Å²) < 4.78 is 0. The molecular formula is C28H38N6O. The largest absolute Gasteiger partial charge is 0.384 e. The number of likely N-dealkylation sites (tertiary alicyclic amines) is 2. The van der Waals surface area contributed by atoms with Crippen molar-refractivity contribution in [1.82, 2.24) is 19.8 Å². The molecule has 0 bridgehead atoms. The summed E-state index contributed by atoms with van der Waals surface area (Å²) >= 11 is 0. The van der Waals surface area contributed by atoms with Crippen LogP contribution < -0.4 is 11.1 Å². The SMILES string of the molecule is CC.Nc1cc(CN2CCC(C(=O)N3CCC(Nc4ccc5ncccc5c4)CC3)CC2)ccn1. The van der Waals surface area contributed by atoms with Gasteiger partial charge in [0.2, 0.25) is 5.91 Å². The van der Waals surface area contributed by atoms with E-state index in [1.807, 2.05) is 38.2 Å². The Morgan fingerprint density at radius 2 is 1.74 bits per heavy atom. The number of hydrogen-bond acceptors (Lipinski definition) is 6. The molecule has 7 nitrogen and oxygen atoms in total. The number of nitrogens with zero attached hydrogens (tertiary/aromatic N) is 4. The van der Waals surface area contributed by atoms with Crippen molar-refractivity contribution in [2.45, 2.75) is 52.1 Å². The number of hydrogen-bond donors (Lipinski definition) is 2. The highest BCUT2D eigenvalue weighted by atomic mass is 16.2. The average Bonchev–Trinajstić information content (AvgIpc) is 2.90. The number of amides is 1. The minimum atomic E-state index is 0.154. The summed E-state index contributed by atoms with van der Waals surface area (Å²) in [5.74, 6) is 1.06. The average molecular weight is 475 g/mol. The molecule has 0 saturated carbocycles. The molecule has 2 aliphatic heterocycles. The van der Waals surface area contributed by atoms with E-state index in [1.165, 1.54) is 5.56 Å². The number of pyridine rings is 2. The number of benzene rings is 1. The van der Waals surface area contributed by atoms with Crippen molar-refractivity contribution in [2.75, 3.05) is 37.2 Å². The molecule has 0 spiro atoms. The van der Waals surface area contributed by atoms with Gasteiger partial charge in [-0.3, -0.25) is 14.7 Å². The van der Waals surface area contributed by atoms with E-state index in [4.69, 9.17) is 5.73 Å². The number of fused-ring (bicyclic) bond motifs is 1. The molecule has 1 amide bonds. The Bertz CT molecular complexity index is 1100. The molecule has 2 saturated heterocycles. The first-order chi connectivity index (χ1) is 17.1. The normalized spacial score (nSPS) is 17.6. The minimum Gasteiger partial charge on any atom is -0.384 e. The Hall–Kier alpha value is -3.19. The van der Waals surface area contributed by atoms with E-state index in [0.717, 1.165) is 75.0 Å². The fraction of sp³-hybridized carbons (Fsp3) is 0.464. The molecule has 7 heteroatoms. The van der Waals surface area contributed by atoms with Crippen LogP contribution in [0.25, 0.3) is 10.9 Å². The quantitative estimate of drug-likeness (QED) is 0.564. The third kappa shape index (κ3) is 6.48. The van der Waals surface area contributed by atoms with Crippen LogP contribution in [0.15, 0.2) is 54.9 Å². The first kappa shape index (κ1) is 24.9. The van der Waals surface area contributed by atoms with Gasteiger partial charge in [0.25, 0.3) is 0 Å². The van der Waals surface area contributed by atoms with Crippen LogP contribution in [0.2, 0.25) is 0 Å². The van der Waals surface area contributed by atoms with Gasteiger partial charge in [0, 0.05) is 55.1 Å². The number of nitrogens with two attached hydrogens (primary N) is 1. The van der Waals surface area contributed by atoms with Gasteiger partial charge in [0.05, 0.1) is 5.52 Å². The summed E-state index contributed by atoms with van der Waals surface area (Å²) in [7, 11) is 0. The number of nitrogens with one attached hydrogen (secondary N) is 1. The summed E-state index contributed by atoms with van der Waals surface area (Å²) in [6.45, 7) is 8.45. The third-order valence-corrected chi connectivity index (χ3v) is 6.97.